The molecule has 1 amide bonds. The molecule has 0 unspecified atom stereocenters. The Kier molecular flexibility index (Phi) is 10.3. The van der Waals surface area contributed by atoms with Gasteiger partial charge in [0.15, 0.2) is 11.5 Å². The van der Waals surface area contributed by atoms with Gasteiger partial charge in [-0.25, -0.2) is 13.8 Å². The van der Waals surface area contributed by atoms with Crippen LogP contribution in [0.4, 0.5) is 18.9 Å². The highest BCUT2D eigenvalue weighted by Crippen LogP contribution is 2.37. The van der Waals surface area contributed by atoms with Crippen molar-refractivity contribution in [3.05, 3.63) is 118 Å². The SMILES string of the molecule is COc1cc(/C=N\NC(=O)CN(c2cccc(C(F)(F)F)c2)S(=O)(=O)c2ccccc2)cc(Br)c1OCc1ccc(C)cc1. The summed E-state index contributed by atoms with van der Waals surface area (Å²) in [4.78, 5) is 12.7. The highest BCUT2D eigenvalue weighted by atomic mass is 79.9. The first-order chi connectivity index (χ1) is 20.9. The molecule has 4 rings (SSSR count). The van der Waals surface area contributed by atoms with Crippen LogP contribution in [0, 0.1) is 6.92 Å². The number of ether oxygens (including phenoxy) is 2. The number of alkyl halides is 3. The van der Waals surface area contributed by atoms with Crippen molar-refractivity contribution < 1.29 is 35.9 Å². The molecule has 4 aromatic rings. The molecule has 0 saturated carbocycles. The second-order valence-corrected chi connectivity index (χ2v) is 12.2. The summed E-state index contributed by atoms with van der Waals surface area (Å²) in [6.45, 7) is 1.45. The highest BCUT2D eigenvalue weighted by Gasteiger charge is 2.33. The minimum atomic E-state index is -4.72. The van der Waals surface area contributed by atoms with E-state index in [0.29, 0.717) is 38.5 Å². The Morgan fingerprint density at radius 3 is 2.36 bits per heavy atom. The van der Waals surface area contributed by atoms with Crippen LogP contribution in [0.3, 0.4) is 0 Å². The summed E-state index contributed by atoms with van der Waals surface area (Å²) < 4.78 is 79.6. The van der Waals surface area contributed by atoms with E-state index in [2.05, 4.69) is 26.5 Å². The third-order valence-corrected chi connectivity index (χ3v) is 8.62. The normalized spacial score (nSPS) is 11.8. The average molecular weight is 691 g/mol. The number of hydrogen-bond donors (Lipinski definition) is 1. The maximum Gasteiger partial charge on any atom is 0.416 e. The van der Waals surface area contributed by atoms with Crippen LogP contribution >= 0.6 is 15.9 Å². The number of aryl methyl sites for hydroxylation is 1. The van der Waals surface area contributed by atoms with Gasteiger partial charge in [0.1, 0.15) is 13.2 Å². The number of carbonyl (C=O) groups is 1. The summed E-state index contributed by atoms with van der Waals surface area (Å²) in [7, 11) is -2.95. The highest BCUT2D eigenvalue weighted by molar-refractivity contribution is 9.10. The fourth-order valence-corrected chi connectivity index (χ4v) is 6.02. The zero-order chi connectivity index (χ0) is 31.9. The van der Waals surface area contributed by atoms with Crippen LogP contribution in [-0.4, -0.2) is 34.2 Å². The van der Waals surface area contributed by atoms with Crippen LogP contribution in [0.25, 0.3) is 0 Å². The molecular formula is C31H27BrF3N3O5S. The summed E-state index contributed by atoms with van der Waals surface area (Å²) in [6.07, 6.45) is -3.42. The second-order valence-electron chi connectivity index (χ2n) is 9.47. The van der Waals surface area contributed by atoms with Gasteiger partial charge in [0.25, 0.3) is 15.9 Å². The molecule has 0 bridgehead atoms. The van der Waals surface area contributed by atoms with Gasteiger partial charge in [-0.05, 0) is 76.4 Å². The van der Waals surface area contributed by atoms with E-state index in [1.165, 1.54) is 43.7 Å². The number of sulfonamides is 1. The Labute approximate surface area is 261 Å². The predicted molar refractivity (Wildman–Crippen MR) is 164 cm³/mol. The summed E-state index contributed by atoms with van der Waals surface area (Å²) in [6, 6.07) is 22.0. The van der Waals surface area contributed by atoms with Crippen molar-refractivity contribution in [3.8, 4) is 11.5 Å². The molecule has 13 heteroatoms. The van der Waals surface area contributed by atoms with E-state index in [0.717, 1.165) is 23.3 Å². The van der Waals surface area contributed by atoms with Crippen molar-refractivity contribution in [2.24, 2.45) is 5.10 Å². The van der Waals surface area contributed by atoms with Crippen molar-refractivity contribution in [1.29, 1.82) is 0 Å². The molecule has 1 N–H and O–H groups in total. The summed E-state index contributed by atoms with van der Waals surface area (Å²) in [5, 5.41) is 3.90. The zero-order valence-electron chi connectivity index (χ0n) is 23.5. The topological polar surface area (TPSA) is 97.3 Å². The van der Waals surface area contributed by atoms with Gasteiger partial charge in [-0.15, -0.1) is 0 Å². The molecule has 0 saturated heterocycles. The lowest BCUT2D eigenvalue weighted by Crippen LogP contribution is -2.39. The lowest BCUT2D eigenvalue weighted by molar-refractivity contribution is -0.137. The average Bonchev–Trinajstić information content (AvgIpc) is 3.00. The summed E-state index contributed by atoms with van der Waals surface area (Å²) in [5.41, 5.74) is 3.44. The fourth-order valence-electron chi connectivity index (χ4n) is 4.01. The number of hydrogen-bond acceptors (Lipinski definition) is 6. The molecule has 0 aromatic heterocycles. The number of nitrogens with zero attached hydrogens (tertiary/aromatic N) is 2. The third-order valence-electron chi connectivity index (χ3n) is 6.24. The largest absolute Gasteiger partial charge is 0.493 e. The summed E-state index contributed by atoms with van der Waals surface area (Å²) >= 11 is 3.46. The molecule has 4 aromatic carbocycles. The van der Waals surface area contributed by atoms with E-state index >= 15 is 0 Å². The van der Waals surface area contributed by atoms with Gasteiger partial charge in [0.05, 0.1) is 33.9 Å². The van der Waals surface area contributed by atoms with Crippen LogP contribution in [-0.2, 0) is 27.6 Å². The number of amides is 1. The van der Waals surface area contributed by atoms with Gasteiger partial charge in [-0.2, -0.15) is 18.3 Å². The number of methoxy groups -OCH3 is 1. The standard InChI is InChI=1S/C31H27BrF3N3O5S/c1-21-11-13-22(14-12-21)20-43-30-27(32)15-23(16-28(30)42-2)18-36-37-29(39)19-38(44(40,41)26-9-4-3-5-10-26)25-8-6-7-24(17-25)31(33,34)35/h3-18H,19-20H2,1-2H3,(H,37,39)/b36-18-. The van der Waals surface area contributed by atoms with Crippen LogP contribution in [0.5, 0.6) is 11.5 Å². The van der Waals surface area contributed by atoms with Crippen LogP contribution in [0.15, 0.2) is 105 Å². The van der Waals surface area contributed by atoms with Crippen molar-refractivity contribution in [1.82, 2.24) is 5.43 Å². The van der Waals surface area contributed by atoms with E-state index in [9.17, 15) is 26.4 Å². The van der Waals surface area contributed by atoms with Gasteiger partial charge in [-0.3, -0.25) is 9.10 Å². The van der Waals surface area contributed by atoms with Gasteiger partial charge in [0.2, 0.25) is 0 Å². The number of hydrazone groups is 1. The van der Waals surface area contributed by atoms with Gasteiger partial charge >= 0.3 is 6.18 Å². The van der Waals surface area contributed by atoms with Gasteiger partial charge < -0.3 is 9.47 Å². The lowest BCUT2D eigenvalue weighted by atomic mass is 10.2. The molecule has 0 radical (unpaired) electrons. The first-order valence-corrected chi connectivity index (χ1v) is 15.2. The Bertz CT molecular complexity index is 1750. The lowest BCUT2D eigenvalue weighted by Gasteiger charge is -2.24. The van der Waals surface area contributed by atoms with E-state index in [1.54, 1.807) is 18.2 Å². The molecule has 0 aliphatic rings. The van der Waals surface area contributed by atoms with E-state index < -0.39 is 34.2 Å². The molecular weight excluding hydrogens is 663 g/mol. The van der Waals surface area contributed by atoms with Crippen molar-refractivity contribution in [2.45, 2.75) is 24.6 Å². The molecule has 0 aliphatic carbocycles. The number of rotatable bonds is 11. The molecule has 44 heavy (non-hydrogen) atoms. The smallest absolute Gasteiger partial charge is 0.416 e. The van der Waals surface area contributed by atoms with Gasteiger partial charge in [-0.1, -0.05) is 54.1 Å². The molecule has 0 spiro atoms. The van der Waals surface area contributed by atoms with Crippen LogP contribution < -0.4 is 19.2 Å². The second kappa shape index (κ2) is 14.0. The van der Waals surface area contributed by atoms with Crippen LogP contribution in [0.1, 0.15) is 22.3 Å². The Morgan fingerprint density at radius 2 is 1.70 bits per heavy atom. The maximum atomic E-state index is 13.4. The number of carbonyl (C=O) groups excluding carboxylic acids is 1. The molecule has 0 heterocycles. The molecule has 0 aliphatic heterocycles. The van der Waals surface area contributed by atoms with E-state index in [4.69, 9.17) is 9.47 Å². The van der Waals surface area contributed by atoms with E-state index in [-0.39, 0.29) is 10.6 Å². The fraction of sp³-hybridized carbons (Fsp3) is 0.161. The first-order valence-electron chi connectivity index (χ1n) is 13.0. The van der Waals surface area contributed by atoms with Gasteiger partial charge in [0, 0.05) is 0 Å². The monoisotopic (exact) mass is 689 g/mol. The third kappa shape index (κ3) is 8.17. The van der Waals surface area contributed by atoms with Crippen LogP contribution in [0.2, 0.25) is 0 Å². The van der Waals surface area contributed by atoms with Crippen molar-refractivity contribution >= 4 is 43.8 Å². The van der Waals surface area contributed by atoms with E-state index in [1.807, 2.05) is 31.2 Å². The Morgan fingerprint density at radius 1 is 1.00 bits per heavy atom. The van der Waals surface area contributed by atoms with Crippen molar-refractivity contribution in [3.63, 3.8) is 0 Å². The number of nitrogens with one attached hydrogen (secondary N) is 1. The minimum absolute atomic E-state index is 0.199. The molecule has 0 atom stereocenters. The number of halogens is 4. The van der Waals surface area contributed by atoms with Crippen molar-refractivity contribution in [2.75, 3.05) is 18.0 Å². The summed E-state index contributed by atoms with van der Waals surface area (Å²) in [5.74, 6) is -0.0386. The molecule has 230 valence electrons. The minimum Gasteiger partial charge on any atom is -0.493 e. The maximum absolute atomic E-state index is 13.4. The first kappa shape index (κ1) is 32.6. The zero-order valence-corrected chi connectivity index (χ0v) is 25.9. The number of anilines is 1. The quantitative estimate of drug-likeness (QED) is 0.140. The molecule has 0 fully saturated rings. The molecule has 8 nitrogen and oxygen atoms in total. The Balaban J connectivity index is 1.52. The number of benzene rings is 4. The predicted octanol–water partition coefficient (Wildman–Crippen LogP) is 6.71. The Hall–Kier alpha value is -4.36.